The van der Waals surface area contributed by atoms with Gasteiger partial charge in [-0.2, -0.15) is 9.97 Å². The maximum absolute atomic E-state index is 12.8. The minimum atomic E-state index is -2.67. The molecule has 0 bridgehead atoms. The Bertz CT molecular complexity index is 805. The van der Waals surface area contributed by atoms with E-state index in [1.54, 1.807) is 6.07 Å². The van der Waals surface area contributed by atoms with Crippen LogP contribution in [-0.2, 0) is 0 Å². The van der Waals surface area contributed by atoms with Gasteiger partial charge in [0, 0.05) is 16.3 Å². The highest BCUT2D eigenvalue weighted by molar-refractivity contribution is 6.31. The first-order chi connectivity index (χ1) is 10.0. The number of anilines is 2. The fourth-order valence-corrected chi connectivity index (χ4v) is 2.19. The van der Waals surface area contributed by atoms with E-state index in [2.05, 4.69) is 25.3 Å². The lowest BCUT2D eigenvalue weighted by Crippen LogP contribution is -1.98. The third-order valence-electron chi connectivity index (χ3n) is 2.75. The number of nitrogens with zero attached hydrogens (tertiary/aromatic N) is 3. The van der Waals surface area contributed by atoms with Gasteiger partial charge in [-0.25, -0.2) is 13.8 Å². The summed E-state index contributed by atoms with van der Waals surface area (Å²) in [6.45, 7) is 0. The summed E-state index contributed by atoms with van der Waals surface area (Å²) >= 11 is 11.5. The van der Waals surface area contributed by atoms with E-state index in [1.807, 2.05) is 0 Å². The molecule has 0 spiro atoms. The monoisotopic (exact) mass is 329 g/mol. The maximum Gasteiger partial charge on any atom is 0.265 e. The fraction of sp³-hybridized carbons (Fsp3) is 0.0833. The Kier molecular flexibility index (Phi) is 3.60. The van der Waals surface area contributed by atoms with Crippen LogP contribution in [0.25, 0.3) is 11.2 Å². The number of benzene rings is 1. The first-order valence-corrected chi connectivity index (χ1v) is 6.51. The summed E-state index contributed by atoms with van der Waals surface area (Å²) in [6, 6.07) is 4.20. The average Bonchev–Trinajstić information content (AvgIpc) is 2.88. The fourth-order valence-electron chi connectivity index (χ4n) is 1.82. The zero-order valence-electron chi connectivity index (χ0n) is 10.2. The molecule has 1 aromatic carbocycles. The van der Waals surface area contributed by atoms with Crippen LogP contribution in [0.1, 0.15) is 12.0 Å². The van der Waals surface area contributed by atoms with Gasteiger partial charge >= 0.3 is 0 Å². The summed E-state index contributed by atoms with van der Waals surface area (Å²) < 4.78 is 25.7. The van der Waals surface area contributed by atoms with E-state index in [0.717, 1.165) is 0 Å². The van der Waals surface area contributed by atoms with Crippen molar-refractivity contribution in [2.45, 2.75) is 6.43 Å². The summed E-state index contributed by atoms with van der Waals surface area (Å²) in [6.07, 6.45) is -1.23. The van der Waals surface area contributed by atoms with Crippen molar-refractivity contribution in [2.75, 3.05) is 5.32 Å². The van der Waals surface area contributed by atoms with Crippen LogP contribution in [-0.4, -0.2) is 19.9 Å². The number of fused-ring (bicyclic) bond motifs is 1. The van der Waals surface area contributed by atoms with Crippen LogP contribution in [0.15, 0.2) is 24.5 Å². The predicted octanol–water partition coefficient (Wildman–Crippen LogP) is 4.34. The molecule has 0 radical (unpaired) electrons. The molecular formula is C12H7Cl2F2N5. The highest BCUT2D eigenvalue weighted by Gasteiger charge is 2.14. The number of aromatic amines is 1. The molecule has 0 saturated heterocycles. The number of aromatic nitrogens is 4. The second-order valence-corrected chi connectivity index (χ2v) is 4.85. The molecule has 0 aliphatic rings. The largest absolute Gasteiger partial charge is 0.340 e. The summed E-state index contributed by atoms with van der Waals surface area (Å²) in [5, 5.41) is 2.90. The molecule has 9 heteroatoms. The predicted molar refractivity (Wildman–Crippen MR) is 76.4 cm³/mol. The van der Waals surface area contributed by atoms with Crippen LogP contribution >= 0.6 is 23.2 Å². The van der Waals surface area contributed by atoms with Crippen molar-refractivity contribution in [1.29, 1.82) is 0 Å². The summed E-state index contributed by atoms with van der Waals surface area (Å²) in [5.74, 6) is 0.338. The Balaban J connectivity index is 2.02. The zero-order valence-corrected chi connectivity index (χ0v) is 11.8. The molecule has 3 rings (SSSR count). The topological polar surface area (TPSA) is 66.5 Å². The standard InChI is InChI=1S/C12H7Cl2F2N5/c13-7-2-1-5(3-6(7)9(15)16)19-11-8-10(18-4-17-8)20-12(14)21-11/h1-4,9H,(H2,17,18,19,20,21). The Labute approximate surface area is 127 Å². The zero-order chi connectivity index (χ0) is 15.0. The number of hydrogen-bond donors (Lipinski definition) is 2. The van der Waals surface area contributed by atoms with E-state index in [4.69, 9.17) is 23.2 Å². The summed E-state index contributed by atoms with van der Waals surface area (Å²) in [7, 11) is 0. The normalized spacial score (nSPS) is 11.3. The van der Waals surface area contributed by atoms with E-state index in [0.29, 0.717) is 22.7 Å². The molecule has 0 unspecified atom stereocenters. The molecule has 3 aromatic rings. The first kappa shape index (κ1) is 14.0. The molecule has 21 heavy (non-hydrogen) atoms. The number of nitrogens with one attached hydrogen (secondary N) is 2. The van der Waals surface area contributed by atoms with Gasteiger partial charge in [0.2, 0.25) is 5.28 Å². The van der Waals surface area contributed by atoms with Gasteiger partial charge in [-0.05, 0) is 29.8 Å². The Hall–Kier alpha value is -1.99. The lowest BCUT2D eigenvalue weighted by molar-refractivity contribution is 0.151. The Morgan fingerprint density at radius 1 is 1.19 bits per heavy atom. The van der Waals surface area contributed by atoms with Crippen LogP contribution in [0, 0.1) is 0 Å². The van der Waals surface area contributed by atoms with Crippen LogP contribution in [0.2, 0.25) is 10.3 Å². The van der Waals surface area contributed by atoms with Crippen molar-refractivity contribution < 1.29 is 8.78 Å². The molecule has 0 amide bonds. The molecule has 0 aliphatic carbocycles. The molecule has 5 nitrogen and oxygen atoms in total. The number of alkyl halides is 2. The Morgan fingerprint density at radius 2 is 2.00 bits per heavy atom. The minimum absolute atomic E-state index is 0.000136. The van der Waals surface area contributed by atoms with Gasteiger partial charge in [0.25, 0.3) is 6.43 Å². The average molecular weight is 330 g/mol. The van der Waals surface area contributed by atoms with Gasteiger partial charge < -0.3 is 10.3 Å². The van der Waals surface area contributed by atoms with Gasteiger partial charge in [0.1, 0.15) is 5.52 Å². The third-order valence-corrected chi connectivity index (χ3v) is 3.27. The molecule has 2 heterocycles. The van der Waals surface area contributed by atoms with Crippen molar-refractivity contribution in [2.24, 2.45) is 0 Å². The number of H-pyrrole nitrogens is 1. The first-order valence-electron chi connectivity index (χ1n) is 5.76. The van der Waals surface area contributed by atoms with Crippen molar-refractivity contribution in [3.63, 3.8) is 0 Å². The van der Waals surface area contributed by atoms with E-state index < -0.39 is 6.43 Å². The van der Waals surface area contributed by atoms with Gasteiger partial charge in [0.05, 0.1) is 6.33 Å². The molecule has 2 aromatic heterocycles. The smallest absolute Gasteiger partial charge is 0.265 e. The molecule has 2 N–H and O–H groups in total. The molecule has 0 saturated carbocycles. The third kappa shape index (κ3) is 2.74. The van der Waals surface area contributed by atoms with Crippen LogP contribution < -0.4 is 5.32 Å². The van der Waals surface area contributed by atoms with Crippen LogP contribution in [0.3, 0.4) is 0 Å². The van der Waals surface area contributed by atoms with E-state index in [1.165, 1.54) is 18.5 Å². The van der Waals surface area contributed by atoms with Crippen LogP contribution in [0.4, 0.5) is 20.3 Å². The number of imidazole rings is 1. The van der Waals surface area contributed by atoms with Gasteiger partial charge in [0.15, 0.2) is 11.5 Å². The maximum atomic E-state index is 12.8. The number of halogens is 4. The van der Waals surface area contributed by atoms with E-state index in [-0.39, 0.29) is 15.9 Å². The number of rotatable bonds is 3. The molecule has 0 fully saturated rings. The lowest BCUT2D eigenvalue weighted by atomic mass is 10.2. The van der Waals surface area contributed by atoms with Crippen molar-refractivity contribution in [3.05, 3.63) is 40.4 Å². The van der Waals surface area contributed by atoms with Gasteiger partial charge in [-0.3, -0.25) is 0 Å². The number of hydrogen-bond acceptors (Lipinski definition) is 4. The van der Waals surface area contributed by atoms with E-state index in [9.17, 15) is 8.78 Å². The summed E-state index contributed by atoms with van der Waals surface area (Å²) in [4.78, 5) is 14.8. The second-order valence-electron chi connectivity index (χ2n) is 4.10. The lowest BCUT2D eigenvalue weighted by Gasteiger charge is -2.09. The molecular weight excluding hydrogens is 323 g/mol. The van der Waals surface area contributed by atoms with Gasteiger partial charge in [-0.1, -0.05) is 11.6 Å². The van der Waals surface area contributed by atoms with Gasteiger partial charge in [-0.15, -0.1) is 0 Å². The van der Waals surface area contributed by atoms with E-state index >= 15 is 0 Å². The Morgan fingerprint density at radius 3 is 2.76 bits per heavy atom. The highest BCUT2D eigenvalue weighted by atomic mass is 35.5. The SMILES string of the molecule is FC(F)c1cc(Nc2nc(Cl)nc3nc[nH]c23)ccc1Cl. The quantitative estimate of drug-likeness (QED) is 0.701. The summed E-state index contributed by atoms with van der Waals surface area (Å²) in [5.41, 5.74) is 1.04. The van der Waals surface area contributed by atoms with Crippen molar-refractivity contribution >= 4 is 45.9 Å². The van der Waals surface area contributed by atoms with Crippen LogP contribution in [0.5, 0.6) is 0 Å². The molecule has 108 valence electrons. The van der Waals surface area contributed by atoms with Crippen molar-refractivity contribution in [1.82, 2.24) is 19.9 Å². The molecule has 0 aliphatic heterocycles. The molecule has 0 atom stereocenters. The van der Waals surface area contributed by atoms with Crippen molar-refractivity contribution in [3.8, 4) is 0 Å². The minimum Gasteiger partial charge on any atom is -0.340 e. The highest BCUT2D eigenvalue weighted by Crippen LogP contribution is 2.31. The second kappa shape index (κ2) is 5.42.